The van der Waals surface area contributed by atoms with Gasteiger partial charge in [-0.2, -0.15) is 0 Å². The number of hydrogen-bond acceptors (Lipinski definition) is 4. The molecule has 1 aliphatic heterocycles. The zero-order valence-corrected chi connectivity index (χ0v) is 13.0. The highest BCUT2D eigenvalue weighted by atomic mass is 16.5. The monoisotopic (exact) mass is 279 g/mol. The van der Waals surface area contributed by atoms with Gasteiger partial charge in [-0.3, -0.25) is 9.69 Å². The van der Waals surface area contributed by atoms with E-state index in [1.165, 1.54) is 0 Å². The second-order valence-electron chi connectivity index (χ2n) is 6.37. The first-order valence-electron chi connectivity index (χ1n) is 7.40. The molecule has 0 saturated carbocycles. The number of nitrogens with one attached hydrogen (secondary N) is 1. The van der Waals surface area contributed by atoms with Gasteiger partial charge in [-0.1, -0.05) is 25.9 Å². The van der Waals surface area contributed by atoms with Gasteiger partial charge in [0.15, 0.2) is 5.69 Å². The molecule has 2 heterocycles. The topological polar surface area (TPSA) is 58.4 Å². The lowest BCUT2D eigenvalue weighted by Gasteiger charge is -2.20. The van der Waals surface area contributed by atoms with Crippen molar-refractivity contribution in [3.8, 4) is 0 Å². The zero-order valence-electron chi connectivity index (χ0n) is 13.0. The maximum atomic E-state index is 12.2. The summed E-state index contributed by atoms with van der Waals surface area (Å²) in [4.78, 5) is 14.6. The van der Waals surface area contributed by atoms with Gasteiger partial charge in [0.2, 0.25) is 0 Å². The molecule has 5 nitrogen and oxygen atoms in total. The van der Waals surface area contributed by atoms with E-state index in [9.17, 15) is 4.79 Å². The molecule has 0 radical (unpaired) electrons. The lowest BCUT2D eigenvalue weighted by Crippen LogP contribution is -2.40. The molecule has 112 valence electrons. The maximum absolute atomic E-state index is 12.2. The molecular formula is C15H25N3O2. The summed E-state index contributed by atoms with van der Waals surface area (Å²) in [5, 5.41) is 6.94. The van der Waals surface area contributed by atoms with Crippen LogP contribution in [0.1, 0.15) is 56.8 Å². The van der Waals surface area contributed by atoms with Gasteiger partial charge in [0.1, 0.15) is 5.76 Å². The molecule has 0 bridgehead atoms. The van der Waals surface area contributed by atoms with E-state index in [-0.39, 0.29) is 17.9 Å². The third-order valence-electron chi connectivity index (χ3n) is 4.02. The summed E-state index contributed by atoms with van der Waals surface area (Å²) < 4.78 is 5.18. The van der Waals surface area contributed by atoms with Crippen molar-refractivity contribution in [1.29, 1.82) is 0 Å². The van der Waals surface area contributed by atoms with Crippen LogP contribution in [0.3, 0.4) is 0 Å². The third kappa shape index (κ3) is 3.20. The predicted molar refractivity (Wildman–Crippen MR) is 77.7 cm³/mol. The molecule has 1 amide bonds. The summed E-state index contributed by atoms with van der Waals surface area (Å²) in [5.41, 5.74) is 0.379. The van der Waals surface area contributed by atoms with Crippen LogP contribution in [0.15, 0.2) is 10.6 Å². The summed E-state index contributed by atoms with van der Waals surface area (Å²) in [5.74, 6) is 1.31. The molecule has 1 fully saturated rings. The first kappa shape index (κ1) is 15.0. The molecule has 0 spiro atoms. The number of nitrogens with zero attached hydrogens (tertiary/aromatic N) is 2. The molecule has 0 aromatic carbocycles. The fraction of sp³-hybridized carbons (Fsp3) is 0.733. The van der Waals surface area contributed by atoms with E-state index in [2.05, 4.69) is 36.1 Å². The van der Waals surface area contributed by atoms with Gasteiger partial charge in [-0.25, -0.2) is 0 Å². The van der Waals surface area contributed by atoms with Gasteiger partial charge < -0.3 is 9.84 Å². The summed E-state index contributed by atoms with van der Waals surface area (Å²) in [6, 6.07) is 2.43. The van der Waals surface area contributed by atoms with Crippen LogP contribution < -0.4 is 5.32 Å². The summed E-state index contributed by atoms with van der Waals surface area (Å²) >= 11 is 0. The summed E-state index contributed by atoms with van der Waals surface area (Å²) in [6.07, 6.45) is 0. The quantitative estimate of drug-likeness (QED) is 0.918. The molecule has 1 N–H and O–H groups in total. The van der Waals surface area contributed by atoms with Crippen LogP contribution in [0.5, 0.6) is 0 Å². The van der Waals surface area contributed by atoms with Crippen molar-refractivity contribution in [2.24, 2.45) is 5.92 Å². The smallest absolute Gasteiger partial charge is 0.273 e. The first-order valence-corrected chi connectivity index (χ1v) is 7.40. The predicted octanol–water partition coefficient (Wildman–Crippen LogP) is 2.26. The van der Waals surface area contributed by atoms with Crippen molar-refractivity contribution in [1.82, 2.24) is 15.4 Å². The van der Waals surface area contributed by atoms with Gasteiger partial charge >= 0.3 is 0 Å². The Morgan fingerprint density at radius 3 is 2.60 bits per heavy atom. The maximum Gasteiger partial charge on any atom is 0.273 e. The number of rotatable bonds is 4. The van der Waals surface area contributed by atoms with E-state index in [4.69, 9.17) is 4.52 Å². The minimum atomic E-state index is -0.136. The first-order chi connectivity index (χ1) is 9.38. The number of carbonyl (C=O) groups excluding carboxylic acids is 1. The molecular weight excluding hydrogens is 254 g/mol. The van der Waals surface area contributed by atoms with E-state index in [0.29, 0.717) is 17.7 Å². The Morgan fingerprint density at radius 1 is 1.40 bits per heavy atom. The zero-order chi connectivity index (χ0) is 14.9. The minimum absolute atomic E-state index is 0.136. The molecule has 0 unspecified atom stereocenters. The average Bonchev–Trinajstić information content (AvgIpc) is 2.97. The van der Waals surface area contributed by atoms with Gasteiger partial charge in [-0.15, -0.1) is 0 Å². The SMILES string of the molecule is CC(C)c1cc(C(=O)N[C@@H]2CN(C(C)C)C[C@H]2C)no1. The van der Waals surface area contributed by atoms with E-state index < -0.39 is 0 Å². The Labute approximate surface area is 120 Å². The van der Waals surface area contributed by atoms with Crippen molar-refractivity contribution < 1.29 is 9.32 Å². The number of aromatic nitrogens is 1. The number of carbonyl (C=O) groups is 1. The van der Waals surface area contributed by atoms with Gasteiger partial charge in [0.05, 0.1) is 0 Å². The molecule has 5 heteroatoms. The highest BCUT2D eigenvalue weighted by Crippen LogP contribution is 2.20. The second-order valence-corrected chi connectivity index (χ2v) is 6.37. The molecule has 20 heavy (non-hydrogen) atoms. The van der Waals surface area contributed by atoms with E-state index in [1.54, 1.807) is 6.07 Å². The molecule has 1 saturated heterocycles. The molecule has 1 aromatic rings. The number of amides is 1. The largest absolute Gasteiger partial charge is 0.360 e. The van der Waals surface area contributed by atoms with Crippen LogP contribution in [0, 0.1) is 5.92 Å². The fourth-order valence-corrected chi connectivity index (χ4v) is 2.52. The molecule has 2 atom stereocenters. The van der Waals surface area contributed by atoms with E-state index in [0.717, 1.165) is 18.8 Å². The van der Waals surface area contributed by atoms with Crippen LogP contribution in [-0.4, -0.2) is 41.1 Å². The fourth-order valence-electron chi connectivity index (χ4n) is 2.52. The Kier molecular flexibility index (Phi) is 4.48. The Balaban J connectivity index is 1.97. The minimum Gasteiger partial charge on any atom is -0.360 e. The van der Waals surface area contributed by atoms with Crippen LogP contribution in [0.25, 0.3) is 0 Å². The Bertz CT molecular complexity index is 467. The molecule has 1 aromatic heterocycles. The number of likely N-dealkylation sites (tertiary alicyclic amines) is 1. The van der Waals surface area contributed by atoms with Gasteiger partial charge in [0, 0.05) is 37.2 Å². The normalized spacial score (nSPS) is 23.8. The van der Waals surface area contributed by atoms with Crippen LogP contribution in [-0.2, 0) is 0 Å². The second kappa shape index (κ2) is 5.95. The van der Waals surface area contributed by atoms with E-state index >= 15 is 0 Å². The highest BCUT2D eigenvalue weighted by molar-refractivity contribution is 5.92. The van der Waals surface area contributed by atoms with Crippen molar-refractivity contribution in [2.45, 2.75) is 52.6 Å². The summed E-state index contributed by atoms with van der Waals surface area (Å²) in [6.45, 7) is 12.5. The van der Waals surface area contributed by atoms with Crippen molar-refractivity contribution in [2.75, 3.05) is 13.1 Å². The highest BCUT2D eigenvalue weighted by Gasteiger charge is 2.32. The van der Waals surface area contributed by atoms with Crippen molar-refractivity contribution >= 4 is 5.91 Å². The Morgan fingerprint density at radius 2 is 2.10 bits per heavy atom. The molecule has 1 aliphatic rings. The van der Waals surface area contributed by atoms with Gasteiger partial charge in [-0.05, 0) is 19.8 Å². The lowest BCUT2D eigenvalue weighted by molar-refractivity contribution is 0.0921. The number of hydrogen-bond donors (Lipinski definition) is 1. The van der Waals surface area contributed by atoms with E-state index in [1.807, 2.05) is 13.8 Å². The summed E-state index contributed by atoms with van der Waals surface area (Å²) in [7, 11) is 0. The standard InChI is InChI=1S/C15H25N3O2/c1-9(2)14-6-12(17-20-14)15(19)16-13-8-18(10(3)4)7-11(13)5/h6,9-11,13H,7-8H2,1-5H3,(H,16,19)/t11-,13-/m1/s1. The molecule has 2 rings (SSSR count). The third-order valence-corrected chi connectivity index (χ3v) is 4.02. The van der Waals surface area contributed by atoms with Gasteiger partial charge in [0.25, 0.3) is 5.91 Å². The van der Waals surface area contributed by atoms with Crippen LogP contribution >= 0.6 is 0 Å². The Hall–Kier alpha value is -1.36. The molecule has 0 aliphatic carbocycles. The van der Waals surface area contributed by atoms with Crippen LogP contribution in [0.4, 0.5) is 0 Å². The van der Waals surface area contributed by atoms with Crippen molar-refractivity contribution in [3.05, 3.63) is 17.5 Å². The lowest BCUT2D eigenvalue weighted by atomic mass is 10.1. The van der Waals surface area contributed by atoms with Crippen molar-refractivity contribution in [3.63, 3.8) is 0 Å². The average molecular weight is 279 g/mol. The van der Waals surface area contributed by atoms with Crippen LogP contribution in [0.2, 0.25) is 0 Å².